The van der Waals surface area contributed by atoms with Crippen molar-refractivity contribution in [3.63, 3.8) is 0 Å². The average molecular weight is 419 g/mol. The highest BCUT2D eigenvalue weighted by molar-refractivity contribution is 5.70. The summed E-state index contributed by atoms with van der Waals surface area (Å²) in [5.41, 5.74) is 0. The minimum absolute atomic E-state index is 0. The number of hydrogen-bond donors (Lipinski definition) is 6. The van der Waals surface area contributed by atoms with Gasteiger partial charge in [0, 0.05) is 0 Å². The van der Waals surface area contributed by atoms with Crippen molar-refractivity contribution in [3.8, 4) is 0 Å². The first-order valence-electron chi connectivity index (χ1n) is 5.75. The average Bonchev–Trinajstić information content (AvgIpc) is 2.22. The standard InChI is InChI=1S/C10H16N2O8.2ClH.3H2O/c13-7(14)3-11(4-8(15)16)1-2-12(5-9(17)18)6-10(19)20;;;;;/h1-6H2,(H,13,14)(H,15,16)(H,17,18)(H,19,20);2*1H;3*1H2. The van der Waals surface area contributed by atoms with Gasteiger partial charge in [0.2, 0.25) is 0 Å². The number of aliphatic carboxylic acids is 4. The number of quaternary nitrogens is 2. The first-order valence-corrected chi connectivity index (χ1v) is 5.75. The quantitative estimate of drug-likeness (QED) is 0.187. The summed E-state index contributed by atoms with van der Waals surface area (Å²) in [5, 5.41) is 34.6. The van der Waals surface area contributed by atoms with E-state index in [1.54, 1.807) is 0 Å². The third-order valence-corrected chi connectivity index (χ3v) is 2.44. The van der Waals surface area contributed by atoms with Crippen LogP contribution in [-0.4, -0.2) is 100 Å². The van der Waals surface area contributed by atoms with Crippen LogP contribution >= 0.6 is 0 Å². The van der Waals surface area contributed by atoms with Gasteiger partial charge in [0.15, 0.2) is 26.2 Å². The zero-order valence-electron chi connectivity index (χ0n) is 12.9. The third-order valence-electron chi connectivity index (χ3n) is 2.44. The van der Waals surface area contributed by atoms with Gasteiger partial charge in [0.05, 0.1) is 0 Å². The van der Waals surface area contributed by atoms with Crippen molar-refractivity contribution in [2.75, 3.05) is 39.3 Å². The predicted molar refractivity (Wildman–Crippen MR) is 72.5 cm³/mol. The van der Waals surface area contributed by atoms with E-state index < -0.39 is 50.1 Å². The predicted octanol–water partition coefficient (Wildman–Crippen LogP) is -13.4. The molecule has 0 radical (unpaired) electrons. The molecule has 0 aliphatic carbocycles. The zero-order valence-corrected chi connectivity index (χ0v) is 14.4. The Hall–Kier alpha value is -1.74. The molecule has 0 saturated carbocycles. The van der Waals surface area contributed by atoms with E-state index in [1.165, 1.54) is 0 Å². The van der Waals surface area contributed by atoms with Crippen LogP contribution < -0.4 is 34.6 Å². The molecule has 154 valence electrons. The second kappa shape index (κ2) is 20.3. The lowest BCUT2D eigenvalue weighted by Gasteiger charge is -2.19. The summed E-state index contributed by atoms with van der Waals surface area (Å²) < 4.78 is 0. The van der Waals surface area contributed by atoms with E-state index in [0.29, 0.717) is 0 Å². The van der Waals surface area contributed by atoms with Gasteiger partial charge in [-0.25, -0.2) is 19.2 Å². The van der Waals surface area contributed by atoms with E-state index >= 15 is 0 Å². The molecule has 12 N–H and O–H groups in total. The zero-order chi connectivity index (χ0) is 15.7. The Kier molecular flexibility index (Phi) is 31.4. The maximum absolute atomic E-state index is 10.6. The first-order chi connectivity index (χ1) is 9.20. The second-order valence-electron chi connectivity index (χ2n) is 4.28. The van der Waals surface area contributed by atoms with Gasteiger partial charge in [-0.2, -0.15) is 0 Å². The van der Waals surface area contributed by atoms with E-state index in [1.807, 2.05) is 0 Å². The number of rotatable bonds is 11. The monoisotopic (exact) mass is 418 g/mol. The van der Waals surface area contributed by atoms with Crippen LogP contribution in [0.3, 0.4) is 0 Å². The van der Waals surface area contributed by atoms with Crippen molar-refractivity contribution >= 4 is 23.9 Å². The van der Waals surface area contributed by atoms with Crippen LogP contribution in [0, 0.1) is 0 Å². The van der Waals surface area contributed by atoms with Crippen LogP contribution in [0.1, 0.15) is 0 Å². The molecule has 0 spiro atoms. The molecule has 0 saturated heterocycles. The Morgan fingerprint density at radius 2 is 0.680 bits per heavy atom. The van der Waals surface area contributed by atoms with Crippen molar-refractivity contribution in [1.29, 1.82) is 0 Å². The van der Waals surface area contributed by atoms with Gasteiger partial charge in [-0.15, -0.1) is 0 Å². The van der Waals surface area contributed by atoms with E-state index in [0.717, 1.165) is 0 Å². The summed E-state index contributed by atoms with van der Waals surface area (Å²) in [6.07, 6.45) is 0. The highest BCUT2D eigenvalue weighted by Gasteiger charge is 2.22. The number of carboxylic acid groups (broad SMARTS) is 4. The Labute approximate surface area is 154 Å². The lowest BCUT2D eigenvalue weighted by atomic mass is 10.4. The fourth-order valence-corrected chi connectivity index (χ4v) is 1.69. The van der Waals surface area contributed by atoms with Gasteiger partial charge in [-0.1, -0.05) is 0 Å². The molecule has 0 fully saturated rings. The molecule has 0 rings (SSSR count). The summed E-state index contributed by atoms with van der Waals surface area (Å²) >= 11 is 0. The Morgan fingerprint density at radius 1 is 0.520 bits per heavy atom. The Bertz CT molecular complexity index is 329. The summed E-state index contributed by atoms with van der Waals surface area (Å²) in [7, 11) is 0. The first kappa shape index (κ1) is 38.7. The van der Waals surface area contributed by atoms with Gasteiger partial charge >= 0.3 is 23.9 Å². The lowest BCUT2D eigenvalue weighted by Crippen LogP contribution is -3.21. The summed E-state index contributed by atoms with van der Waals surface area (Å²) in [6, 6.07) is 0. The largest absolute Gasteiger partial charge is 1.00 e. The highest BCUT2D eigenvalue weighted by Crippen LogP contribution is 1.62. The van der Waals surface area contributed by atoms with E-state index in [9.17, 15) is 19.2 Å². The number of hydrogen-bond acceptors (Lipinski definition) is 4. The van der Waals surface area contributed by atoms with Crippen molar-refractivity contribution in [1.82, 2.24) is 0 Å². The fourth-order valence-electron chi connectivity index (χ4n) is 1.69. The minimum atomic E-state index is -1.18. The van der Waals surface area contributed by atoms with Gasteiger partial charge < -0.3 is 71.5 Å². The minimum Gasteiger partial charge on any atom is -1.00 e. The van der Waals surface area contributed by atoms with Crippen LogP contribution in [0.2, 0.25) is 0 Å². The molecule has 0 bridgehead atoms. The molecule has 25 heavy (non-hydrogen) atoms. The second-order valence-corrected chi connectivity index (χ2v) is 4.28. The number of nitrogens with one attached hydrogen (secondary N) is 2. The van der Waals surface area contributed by atoms with E-state index in [-0.39, 0.29) is 64.1 Å². The highest BCUT2D eigenvalue weighted by atomic mass is 35.5. The third kappa shape index (κ3) is 24.6. The molecule has 0 aliphatic rings. The molecule has 0 amide bonds. The van der Waals surface area contributed by atoms with Crippen LogP contribution in [0.5, 0.6) is 0 Å². The van der Waals surface area contributed by atoms with E-state index in [4.69, 9.17) is 20.4 Å². The Morgan fingerprint density at radius 3 is 0.800 bits per heavy atom. The van der Waals surface area contributed by atoms with Crippen LogP contribution in [0.15, 0.2) is 0 Å². The molecule has 0 atom stereocenters. The van der Waals surface area contributed by atoms with Gasteiger partial charge in [-0.3, -0.25) is 0 Å². The van der Waals surface area contributed by atoms with Gasteiger partial charge in [0.25, 0.3) is 0 Å². The SMILES string of the molecule is O.O.O.O=C(O)C[NH+](CC[NH+](CC(=O)O)CC(=O)O)CC(=O)O.[Cl-].[Cl-]. The number of carboxylic acids is 4. The normalized spacial score (nSPS) is 8.56. The lowest BCUT2D eigenvalue weighted by molar-refractivity contribution is -0.943. The van der Waals surface area contributed by atoms with Crippen molar-refractivity contribution in [2.24, 2.45) is 0 Å². The smallest absolute Gasteiger partial charge is 0.359 e. The molecule has 0 aromatic heterocycles. The molecule has 0 aromatic carbocycles. The van der Waals surface area contributed by atoms with Crippen molar-refractivity contribution in [3.05, 3.63) is 0 Å². The van der Waals surface area contributed by atoms with Gasteiger partial charge in [0.1, 0.15) is 13.1 Å². The molecule has 0 heterocycles. The molecule has 0 aliphatic heterocycles. The van der Waals surface area contributed by atoms with Crippen LogP contribution in [0.4, 0.5) is 0 Å². The molecular formula is C10H24Cl2N2O11. The molecule has 15 heteroatoms. The molecular weight excluding hydrogens is 395 g/mol. The van der Waals surface area contributed by atoms with Crippen molar-refractivity contribution < 1.29 is 90.6 Å². The summed E-state index contributed by atoms with van der Waals surface area (Å²) in [5.74, 6) is -4.72. The molecule has 13 nitrogen and oxygen atoms in total. The maximum atomic E-state index is 10.6. The molecule has 0 unspecified atom stereocenters. The Balaban J connectivity index is -0.000000180. The van der Waals surface area contributed by atoms with E-state index in [2.05, 4.69) is 0 Å². The van der Waals surface area contributed by atoms with Gasteiger partial charge in [-0.05, 0) is 0 Å². The maximum Gasteiger partial charge on any atom is 0.359 e. The summed E-state index contributed by atoms with van der Waals surface area (Å²) in [6.45, 7) is -1.62. The van der Waals surface area contributed by atoms with Crippen molar-refractivity contribution in [2.45, 2.75) is 0 Å². The topological polar surface area (TPSA) is 253 Å². The van der Waals surface area contributed by atoms with Crippen LogP contribution in [-0.2, 0) is 19.2 Å². The number of halogens is 2. The number of carbonyl (C=O) groups is 4. The summed E-state index contributed by atoms with van der Waals surface area (Å²) in [4.78, 5) is 42.8. The fraction of sp³-hybridized carbons (Fsp3) is 0.600. The molecule has 0 aromatic rings. The van der Waals surface area contributed by atoms with Crippen LogP contribution in [0.25, 0.3) is 0 Å².